The number of urea groups is 1. The predicted molar refractivity (Wildman–Crippen MR) is 78.3 cm³/mol. The van der Waals surface area contributed by atoms with Crippen molar-refractivity contribution >= 4 is 6.03 Å². The number of carbonyl (C=O) groups is 1. The number of hydrogen-bond acceptors (Lipinski definition) is 1. The highest BCUT2D eigenvalue weighted by molar-refractivity contribution is 5.73. The molecule has 1 saturated carbocycles. The number of nitrogens with one attached hydrogen (secondary N) is 1. The third-order valence-corrected chi connectivity index (χ3v) is 4.05. The second-order valence-corrected chi connectivity index (χ2v) is 5.89. The monoisotopic (exact) mass is 314 g/mol. The Morgan fingerprint density at radius 1 is 1.32 bits per heavy atom. The molecule has 0 spiro atoms. The van der Waals surface area contributed by atoms with Crippen LogP contribution >= 0.6 is 0 Å². The molecule has 0 atom stereocenters. The van der Waals surface area contributed by atoms with Crippen LogP contribution in [-0.2, 0) is 12.7 Å². The minimum atomic E-state index is -4.36. The van der Waals surface area contributed by atoms with E-state index in [2.05, 4.69) is 5.32 Å². The molecule has 1 aromatic rings. The Balaban J connectivity index is 1.85. The van der Waals surface area contributed by atoms with E-state index in [1.807, 2.05) is 0 Å². The van der Waals surface area contributed by atoms with Crippen LogP contribution in [0.5, 0.6) is 0 Å². The number of halogens is 3. The molecule has 0 saturated heterocycles. The molecule has 1 fully saturated rings. The Morgan fingerprint density at radius 3 is 2.64 bits per heavy atom. The van der Waals surface area contributed by atoms with E-state index in [4.69, 9.17) is 0 Å². The van der Waals surface area contributed by atoms with Crippen molar-refractivity contribution in [1.82, 2.24) is 10.2 Å². The van der Waals surface area contributed by atoms with Crippen LogP contribution in [0.4, 0.5) is 18.0 Å². The van der Waals surface area contributed by atoms with Gasteiger partial charge in [0, 0.05) is 20.1 Å². The second kappa shape index (κ2) is 7.03. The van der Waals surface area contributed by atoms with Crippen molar-refractivity contribution in [3.05, 3.63) is 35.4 Å². The zero-order chi connectivity index (χ0) is 16.2. The lowest BCUT2D eigenvalue weighted by atomic mass is 10.1. The standard InChI is InChI=1S/C16H21F3N2O/c1-21(11-12-5-2-3-6-12)15(22)20-10-13-7-4-8-14(9-13)16(17,18)19/h4,7-9,12H,2-3,5-6,10-11H2,1H3,(H,20,22). The molecule has 0 aliphatic heterocycles. The fourth-order valence-electron chi connectivity index (χ4n) is 2.83. The molecule has 0 unspecified atom stereocenters. The first-order chi connectivity index (χ1) is 10.4. The summed E-state index contributed by atoms with van der Waals surface area (Å²) < 4.78 is 37.9. The molecular weight excluding hydrogens is 293 g/mol. The smallest absolute Gasteiger partial charge is 0.334 e. The van der Waals surface area contributed by atoms with Crippen LogP contribution < -0.4 is 5.32 Å². The first kappa shape index (κ1) is 16.6. The number of amides is 2. The van der Waals surface area contributed by atoms with E-state index in [9.17, 15) is 18.0 Å². The highest BCUT2D eigenvalue weighted by Gasteiger charge is 2.30. The van der Waals surface area contributed by atoms with Crippen molar-refractivity contribution < 1.29 is 18.0 Å². The fourth-order valence-corrected chi connectivity index (χ4v) is 2.83. The number of carbonyl (C=O) groups excluding carboxylic acids is 1. The molecule has 0 bridgehead atoms. The summed E-state index contributed by atoms with van der Waals surface area (Å²) >= 11 is 0. The maximum Gasteiger partial charge on any atom is 0.416 e. The highest BCUT2D eigenvalue weighted by Crippen LogP contribution is 2.29. The number of alkyl halides is 3. The van der Waals surface area contributed by atoms with Crippen molar-refractivity contribution in [2.45, 2.75) is 38.4 Å². The van der Waals surface area contributed by atoms with Crippen LogP contribution in [0.2, 0.25) is 0 Å². The van der Waals surface area contributed by atoms with Gasteiger partial charge in [0.15, 0.2) is 0 Å². The van der Waals surface area contributed by atoms with Gasteiger partial charge in [0.05, 0.1) is 5.56 Å². The maximum atomic E-state index is 12.6. The molecule has 3 nitrogen and oxygen atoms in total. The average Bonchev–Trinajstić information content (AvgIpc) is 2.97. The summed E-state index contributed by atoms with van der Waals surface area (Å²) in [6.07, 6.45) is 0.352. The van der Waals surface area contributed by atoms with Gasteiger partial charge in [-0.05, 0) is 36.5 Å². The van der Waals surface area contributed by atoms with Crippen molar-refractivity contribution in [1.29, 1.82) is 0 Å². The molecular formula is C16H21F3N2O. The molecule has 2 amide bonds. The highest BCUT2D eigenvalue weighted by atomic mass is 19.4. The van der Waals surface area contributed by atoms with Gasteiger partial charge in [-0.3, -0.25) is 0 Å². The van der Waals surface area contributed by atoms with Gasteiger partial charge in [-0.2, -0.15) is 13.2 Å². The first-order valence-electron chi connectivity index (χ1n) is 7.51. The van der Waals surface area contributed by atoms with E-state index < -0.39 is 11.7 Å². The van der Waals surface area contributed by atoms with Crippen LogP contribution in [-0.4, -0.2) is 24.5 Å². The van der Waals surface area contributed by atoms with Crippen LogP contribution in [0, 0.1) is 5.92 Å². The van der Waals surface area contributed by atoms with Gasteiger partial charge in [-0.25, -0.2) is 4.79 Å². The van der Waals surface area contributed by atoms with Crippen LogP contribution in [0.15, 0.2) is 24.3 Å². The summed E-state index contributed by atoms with van der Waals surface area (Å²) in [5.74, 6) is 0.546. The second-order valence-electron chi connectivity index (χ2n) is 5.89. The van der Waals surface area contributed by atoms with E-state index in [0.717, 1.165) is 25.0 Å². The molecule has 0 radical (unpaired) electrons. The van der Waals surface area contributed by atoms with Gasteiger partial charge < -0.3 is 10.2 Å². The van der Waals surface area contributed by atoms with E-state index in [1.54, 1.807) is 18.0 Å². The Labute approximate surface area is 128 Å². The average molecular weight is 314 g/mol. The van der Waals surface area contributed by atoms with Gasteiger partial charge in [0.2, 0.25) is 0 Å². The van der Waals surface area contributed by atoms with Crippen molar-refractivity contribution in [2.24, 2.45) is 5.92 Å². The SMILES string of the molecule is CN(CC1CCCC1)C(=O)NCc1cccc(C(F)(F)F)c1. The summed E-state index contributed by atoms with van der Waals surface area (Å²) in [7, 11) is 1.72. The van der Waals surface area contributed by atoms with Crippen LogP contribution in [0.3, 0.4) is 0 Å². The quantitative estimate of drug-likeness (QED) is 0.894. The summed E-state index contributed by atoms with van der Waals surface area (Å²) in [5.41, 5.74) is -0.254. The molecule has 1 N–H and O–H groups in total. The molecule has 22 heavy (non-hydrogen) atoms. The Bertz CT molecular complexity index is 510. The maximum absolute atomic E-state index is 12.6. The zero-order valence-electron chi connectivity index (χ0n) is 12.6. The van der Waals surface area contributed by atoms with E-state index in [-0.39, 0.29) is 12.6 Å². The zero-order valence-corrected chi connectivity index (χ0v) is 12.6. The van der Waals surface area contributed by atoms with Gasteiger partial charge in [0.25, 0.3) is 0 Å². The van der Waals surface area contributed by atoms with Crippen molar-refractivity contribution in [3.63, 3.8) is 0 Å². The lowest BCUT2D eigenvalue weighted by molar-refractivity contribution is -0.137. The first-order valence-corrected chi connectivity index (χ1v) is 7.51. The van der Waals surface area contributed by atoms with Crippen molar-refractivity contribution in [3.8, 4) is 0 Å². The van der Waals surface area contributed by atoms with E-state index in [0.29, 0.717) is 18.0 Å². The van der Waals surface area contributed by atoms with Crippen LogP contribution in [0.1, 0.15) is 36.8 Å². The molecule has 1 aliphatic rings. The summed E-state index contributed by atoms with van der Waals surface area (Å²) in [6, 6.07) is 4.78. The number of hydrogen-bond donors (Lipinski definition) is 1. The Kier molecular flexibility index (Phi) is 5.32. The van der Waals surface area contributed by atoms with E-state index in [1.165, 1.54) is 18.9 Å². The molecule has 1 aromatic carbocycles. The summed E-state index contributed by atoms with van der Waals surface area (Å²) in [6.45, 7) is 0.798. The van der Waals surface area contributed by atoms with Gasteiger partial charge in [0.1, 0.15) is 0 Å². The Hall–Kier alpha value is -1.72. The summed E-state index contributed by atoms with van der Waals surface area (Å²) in [4.78, 5) is 13.6. The third kappa shape index (κ3) is 4.64. The fraction of sp³-hybridized carbons (Fsp3) is 0.562. The normalized spacial score (nSPS) is 15.8. The molecule has 122 valence electrons. The molecule has 0 heterocycles. The topological polar surface area (TPSA) is 32.3 Å². The third-order valence-electron chi connectivity index (χ3n) is 4.05. The number of rotatable bonds is 4. The largest absolute Gasteiger partial charge is 0.416 e. The predicted octanol–water partition coefficient (Wildman–Crippen LogP) is 4.04. The number of nitrogens with zero attached hydrogens (tertiary/aromatic N) is 1. The Morgan fingerprint density at radius 2 is 2.00 bits per heavy atom. The van der Waals surface area contributed by atoms with Crippen molar-refractivity contribution in [2.75, 3.05) is 13.6 Å². The molecule has 6 heteroatoms. The minimum Gasteiger partial charge on any atom is -0.334 e. The summed E-state index contributed by atoms with van der Waals surface area (Å²) in [5, 5.41) is 2.67. The number of benzene rings is 1. The molecule has 0 aromatic heterocycles. The van der Waals surface area contributed by atoms with Gasteiger partial charge >= 0.3 is 12.2 Å². The minimum absolute atomic E-state index is 0.0950. The van der Waals surface area contributed by atoms with Gasteiger partial charge in [-0.15, -0.1) is 0 Å². The lowest BCUT2D eigenvalue weighted by Crippen LogP contribution is -2.39. The lowest BCUT2D eigenvalue weighted by Gasteiger charge is -2.21. The van der Waals surface area contributed by atoms with Crippen LogP contribution in [0.25, 0.3) is 0 Å². The van der Waals surface area contributed by atoms with E-state index >= 15 is 0 Å². The molecule has 2 rings (SSSR count). The molecule has 1 aliphatic carbocycles. The van der Waals surface area contributed by atoms with Gasteiger partial charge in [-0.1, -0.05) is 25.0 Å².